The molecule has 0 unspecified atom stereocenters. The second-order valence-corrected chi connectivity index (χ2v) is 17.2. The van der Waals surface area contributed by atoms with Crippen molar-refractivity contribution in [1.82, 2.24) is 0 Å². The lowest BCUT2D eigenvalue weighted by molar-refractivity contribution is 0.768. The Hall–Kier alpha value is -8.52. The van der Waals surface area contributed by atoms with Gasteiger partial charge in [-0.25, -0.2) is 0 Å². The molecule has 0 saturated carbocycles. The highest BCUT2D eigenvalue weighted by Gasteiger charge is 2.47. The van der Waals surface area contributed by atoms with Gasteiger partial charge in [0.15, 0.2) is 0 Å². The summed E-state index contributed by atoms with van der Waals surface area (Å²) in [6, 6.07) is 100. The molecule has 66 heavy (non-hydrogen) atoms. The Bertz CT molecular complexity index is 3460. The van der Waals surface area contributed by atoms with Crippen LogP contribution in [0.15, 0.2) is 273 Å². The van der Waals surface area contributed by atoms with Crippen molar-refractivity contribution < 1.29 is 0 Å². The van der Waals surface area contributed by atoms with E-state index in [9.17, 15) is 0 Å². The predicted molar refractivity (Wildman–Crippen MR) is 278 cm³/mol. The maximum Gasteiger partial charge on any atom is 0.0714 e. The van der Waals surface area contributed by atoms with Crippen molar-refractivity contribution in [3.8, 4) is 55.6 Å². The standard InChI is InChI=1S/C65H45N/c1-4-18-46(19-5-1)52-22-16-23-54(45-52)58-28-13-15-32-62(58)66(57-42-40-49(41-43-57)48-34-36-50(37-35-48)53-39-38-47-20-10-11-21-51(47)44-53)63-33-17-31-61-64(63)59-29-12-14-30-60(59)65(61,55-24-6-2-7-25-55)56-26-8-3-9-27-56/h1-45H. The van der Waals surface area contributed by atoms with Crippen molar-refractivity contribution in [3.05, 3.63) is 295 Å². The zero-order chi connectivity index (χ0) is 43.9. The van der Waals surface area contributed by atoms with E-state index in [0.29, 0.717) is 0 Å². The minimum atomic E-state index is -0.525. The molecular weight excluding hydrogens is 795 g/mol. The van der Waals surface area contributed by atoms with Gasteiger partial charge in [0.1, 0.15) is 0 Å². The molecule has 0 fully saturated rings. The Kier molecular flexibility index (Phi) is 9.81. The van der Waals surface area contributed by atoms with Crippen LogP contribution in [0, 0.1) is 0 Å². The minimum absolute atomic E-state index is 0.525. The number of anilines is 3. The van der Waals surface area contributed by atoms with E-state index in [0.717, 1.165) is 28.2 Å². The van der Waals surface area contributed by atoms with Crippen LogP contribution in [0.3, 0.4) is 0 Å². The van der Waals surface area contributed by atoms with Crippen LogP contribution in [0.25, 0.3) is 66.4 Å². The summed E-state index contributed by atoms with van der Waals surface area (Å²) in [4.78, 5) is 2.50. The van der Waals surface area contributed by atoms with Crippen LogP contribution in [-0.2, 0) is 5.41 Å². The summed E-state index contributed by atoms with van der Waals surface area (Å²) in [7, 11) is 0. The largest absolute Gasteiger partial charge is 0.309 e. The molecule has 0 N–H and O–H groups in total. The van der Waals surface area contributed by atoms with Crippen LogP contribution in [0.1, 0.15) is 22.3 Å². The van der Waals surface area contributed by atoms with E-state index in [1.54, 1.807) is 0 Å². The van der Waals surface area contributed by atoms with Crippen LogP contribution < -0.4 is 4.90 Å². The summed E-state index contributed by atoms with van der Waals surface area (Å²) in [5.74, 6) is 0. The van der Waals surface area contributed by atoms with Gasteiger partial charge in [-0.3, -0.25) is 0 Å². The SMILES string of the molecule is c1ccc(-c2cccc(-c3ccccc3N(c3ccc(-c4ccc(-c5ccc6ccccc6c5)cc4)cc3)c3cccc4c3-c3ccccc3C4(c3ccccc3)c3ccccc3)c2)cc1. The fraction of sp³-hybridized carbons (Fsp3) is 0.0154. The molecule has 1 heteroatoms. The number of benzene rings is 11. The highest BCUT2D eigenvalue weighted by molar-refractivity contribution is 6.00. The predicted octanol–water partition coefficient (Wildman–Crippen LogP) is 17.3. The van der Waals surface area contributed by atoms with Gasteiger partial charge in [0.2, 0.25) is 0 Å². The van der Waals surface area contributed by atoms with E-state index in [-0.39, 0.29) is 0 Å². The molecule has 310 valence electrons. The van der Waals surface area contributed by atoms with Crippen molar-refractivity contribution >= 4 is 27.8 Å². The lowest BCUT2D eigenvalue weighted by Gasteiger charge is -2.34. The van der Waals surface area contributed by atoms with E-state index < -0.39 is 5.41 Å². The molecule has 0 radical (unpaired) electrons. The molecule has 0 saturated heterocycles. The number of nitrogens with zero attached hydrogens (tertiary/aromatic N) is 1. The van der Waals surface area contributed by atoms with Gasteiger partial charge in [0, 0.05) is 16.8 Å². The molecule has 0 aromatic heterocycles. The maximum absolute atomic E-state index is 2.50. The fourth-order valence-electron chi connectivity index (χ4n) is 10.5. The average Bonchev–Trinajstić information content (AvgIpc) is 3.71. The molecule has 1 aliphatic rings. The lowest BCUT2D eigenvalue weighted by Crippen LogP contribution is -2.28. The molecule has 0 spiro atoms. The first-order valence-corrected chi connectivity index (χ1v) is 22.8. The van der Waals surface area contributed by atoms with E-state index in [1.807, 2.05) is 0 Å². The average molecular weight is 840 g/mol. The Morgan fingerprint density at radius 2 is 0.712 bits per heavy atom. The highest BCUT2D eigenvalue weighted by atomic mass is 15.1. The Morgan fingerprint density at radius 3 is 1.42 bits per heavy atom. The molecule has 11 aromatic rings. The van der Waals surface area contributed by atoms with Crippen molar-refractivity contribution in [1.29, 1.82) is 0 Å². The number of hydrogen-bond acceptors (Lipinski definition) is 1. The van der Waals surface area contributed by atoms with Gasteiger partial charge < -0.3 is 4.90 Å². The minimum Gasteiger partial charge on any atom is -0.309 e. The van der Waals surface area contributed by atoms with Crippen LogP contribution >= 0.6 is 0 Å². The normalized spacial score (nSPS) is 12.4. The maximum atomic E-state index is 2.50. The van der Waals surface area contributed by atoms with Crippen LogP contribution in [0.4, 0.5) is 17.1 Å². The highest BCUT2D eigenvalue weighted by Crippen LogP contribution is 2.60. The fourth-order valence-corrected chi connectivity index (χ4v) is 10.5. The van der Waals surface area contributed by atoms with Gasteiger partial charge in [-0.05, 0) is 114 Å². The van der Waals surface area contributed by atoms with Crippen LogP contribution in [0.2, 0.25) is 0 Å². The number of hydrogen-bond donors (Lipinski definition) is 0. The van der Waals surface area contributed by atoms with Gasteiger partial charge in [-0.15, -0.1) is 0 Å². The summed E-state index contributed by atoms with van der Waals surface area (Å²) >= 11 is 0. The second kappa shape index (κ2) is 16.6. The lowest BCUT2D eigenvalue weighted by atomic mass is 9.68. The van der Waals surface area contributed by atoms with Crippen LogP contribution in [-0.4, -0.2) is 0 Å². The first-order valence-electron chi connectivity index (χ1n) is 22.8. The van der Waals surface area contributed by atoms with Crippen molar-refractivity contribution in [2.45, 2.75) is 5.41 Å². The Labute approximate surface area is 387 Å². The third-order valence-electron chi connectivity index (χ3n) is 13.6. The smallest absolute Gasteiger partial charge is 0.0714 e. The van der Waals surface area contributed by atoms with E-state index in [1.165, 1.54) is 77.5 Å². The number of rotatable bonds is 9. The molecule has 1 nitrogen and oxygen atoms in total. The van der Waals surface area contributed by atoms with Gasteiger partial charge >= 0.3 is 0 Å². The molecule has 0 atom stereocenters. The molecule has 0 amide bonds. The molecule has 0 heterocycles. The summed E-state index contributed by atoms with van der Waals surface area (Å²) < 4.78 is 0. The van der Waals surface area contributed by atoms with Gasteiger partial charge in [-0.1, -0.05) is 237 Å². The van der Waals surface area contributed by atoms with Crippen molar-refractivity contribution in [2.75, 3.05) is 4.90 Å². The van der Waals surface area contributed by atoms with E-state index >= 15 is 0 Å². The third-order valence-corrected chi connectivity index (χ3v) is 13.6. The topological polar surface area (TPSA) is 3.24 Å². The number of para-hydroxylation sites is 1. The van der Waals surface area contributed by atoms with Gasteiger partial charge in [-0.2, -0.15) is 0 Å². The summed E-state index contributed by atoms with van der Waals surface area (Å²) in [6.45, 7) is 0. The van der Waals surface area contributed by atoms with Gasteiger partial charge in [0.05, 0.1) is 16.8 Å². The van der Waals surface area contributed by atoms with E-state index in [2.05, 4.69) is 278 Å². The quantitative estimate of drug-likeness (QED) is 0.140. The first-order chi connectivity index (χ1) is 32.7. The summed E-state index contributed by atoms with van der Waals surface area (Å²) in [5.41, 5.74) is 19.8. The van der Waals surface area contributed by atoms with E-state index in [4.69, 9.17) is 0 Å². The van der Waals surface area contributed by atoms with Crippen molar-refractivity contribution in [3.63, 3.8) is 0 Å². The molecular formula is C65H45N. The Balaban J connectivity index is 1.04. The summed E-state index contributed by atoms with van der Waals surface area (Å²) in [5, 5.41) is 2.51. The Morgan fingerprint density at radius 1 is 0.258 bits per heavy atom. The molecule has 0 aliphatic heterocycles. The summed E-state index contributed by atoms with van der Waals surface area (Å²) in [6.07, 6.45) is 0. The molecule has 12 rings (SSSR count). The molecule has 11 aromatic carbocycles. The first kappa shape index (κ1) is 39.1. The zero-order valence-corrected chi connectivity index (χ0v) is 36.4. The zero-order valence-electron chi connectivity index (χ0n) is 36.4. The second-order valence-electron chi connectivity index (χ2n) is 17.2. The van der Waals surface area contributed by atoms with Crippen molar-refractivity contribution in [2.24, 2.45) is 0 Å². The molecule has 1 aliphatic carbocycles. The molecule has 0 bridgehead atoms. The monoisotopic (exact) mass is 839 g/mol. The van der Waals surface area contributed by atoms with Gasteiger partial charge in [0.25, 0.3) is 0 Å². The third kappa shape index (κ3) is 6.64. The number of fused-ring (bicyclic) bond motifs is 4. The van der Waals surface area contributed by atoms with Crippen LogP contribution in [0.5, 0.6) is 0 Å².